The van der Waals surface area contributed by atoms with Crippen LogP contribution in [-0.4, -0.2) is 64.5 Å². The summed E-state index contributed by atoms with van der Waals surface area (Å²) in [5.41, 5.74) is 5.33. The molecule has 12 nitrogen and oxygen atoms in total. The van der Waals surface area contributed by atoms with Crippen molar-refractivity contribution < 1.29 is 34.0 Å². The molecule has 7 N–H and O–H groups in total. The number of H-pyrrole nitrogens is 1. The van der Waals surface area contributed by atoms with Gasteiger partial charge in [-0.15, -0.1) is 0 Å². The topological polar surface area (TPSA) is 193 Å². The summed E-state index contributed by atoms with van der Waals surface area (Å²) in [5.74, 6) is -0.109. The van der Waals surface area contributed by atoms with Crippen LogP contribution in [0.2, 0.25) is 0 Å². The van der Waals surface area contributed by atoms with Gasteiger partial charge in [-0.05, 0) is 25.8 Å². The second-order valence-electron chi connectivity index (χ2n) is 7.82. The fourth-order valence-electron chi connectivity index (χ4n) is 3.78. The Morgan fingerprint density at radius 3 is 2.65 bits per heavy atom. The maximum Gasteiger partial charge on any atom is 0.359 e. The number of anilines is 1. The highest BCUT2D eigenvalue weighted by molar-refractivity contribution is 7.54. The smallest absolute Gasteiger partial charge is 0.359 e. The van der Waals surface area contributed by atoms with E-state index < -0.39 is 49.1 Å². The lowest BCUT2D eigenvalue weighted by Gasteiger charge is -2.32. The highest BCUT2D eigenvalue weighted by Gasteiger charge is 2.48. The Labute approximate surface area is 178 Å². The zero-order chi connectivity index (χ0) is 23.1. The quantitative estimate of drug-likeness (QED) is 0.301. The molecule has 0 radical (unpaired) electrons. The molecule has 4 unspecified atom stereocenters. The summed E-state index contributed by atoms with van der Waals surface area (Å²) in [6, 6.07) is 1.49. The van der Waals surface area contributed by atoms with Crippen LogP contribution in [0, 0.1) is 0 Å². The molecule has 0 spiro atoms. The molecular formula is C18H29N4O8P. The molecule has 2 aromatic heterocycles. The van der Waals surface area contributed by atoms with Gasteiger partial charge in [0.2, 0.25) is 5.95 Å². The van der Waals surface area contributed by atoms with E-state index in [4.69, 9.17) is 15.0 Å². The van der Waals surface area contributed by atoms with Gasteiger partial charge in [0, 0.05) is 12.6 Å². The summed E-state index contributed by atoms with van der Waals surface area (Å²) in [6.07, 6.45) is -4.05. The van der Waals surface area contributed by atoms with Crippen molar-refractivity contribution >= 4 is 24.6 Å². The minimum atomic E-state index is -4.38. The predicted octanol–water partition coefficient (Wildman–Crippen LogP) is 0.415. The zero-order valence-corrected chi connectivity index (χ0v) is 18.4. The number of aromatic amines is 1. The molecule has 174 valence electrons. The number of hydrogen-bond acceptors (Lipinski definition) is 9. The molecule has 0 amide bonds. The maximum atomic E-state index is 12.6. The fourth-order valence-corrected chi connectivity index (χ4v) is 5.35. The number of nitrogens with two attached hydrogens (primary N) is 1. The summed E-state index contributed by atoms with van der Waals surface area (Å²) in [7, 11) is -4.38. The Bertz CT molecular complexity index is 1040. The first kappa shape index (κ1) is 23.9. The van der Waals surface area contributed by atoms with Gasteiger partial charge in [-0.25, -0.2) is 0 Å². The third-order valence-corrected chi connectivity index (χ3v) is 8.09. The van der Waals surface area contributed by atoms with Crippen LogP contribution in [0.25, 0.3) is 11.0 Å². The Morgan fingerprint density at radius 2 is 2.03 bits per heavy atom. The van der Waals surface area contributed by atoms with Crippen LogP contribution in [0.1, 0.15) is 46.3 Å². The largest absolute Gasteiger partial charge is 0.388 e. The first-order valence-corrected chi connectivity index (χ1v) is 11.6. The molecule has 6 atom stereocenters. The molecule has 0 saturated carbocycles. The summed E-state index contributed by atoms with van der Waals surface area (Å²) in [4.78, 5) is 28.7. The number of nitrogens with zero attached hydrogens (tertiary/aromatic N) is 2. The average Bonchev–Trinajstić information content (AvgIpc) is 3.23. The zero-order valence-electron chi connectivity index (χ0n) is 17.5. The third-order valence-electron chi connectivity index (χ3n) is 5.76. The van der Waals surface area contributed by atoms with E-state index in [1.165, 1.54) is 23.8 Å². The lowest BCUT2D eigenvalue weighted by Crippen LogP contribution is -2.34. The number of ether oxygens (including phenoxy) is 1. The van der Waals surface area contributed by atoms with Crippen LogP contribution < -0.4 is 11.3 Å². The van der Waals surface area contributed by atoms with Gasteiger partial charge in [0.1, 0.15) is 12.2 Å². The second-order valence-corrected chi connectivity index (χ2v) is 9.90. The van der Waals surface area contributed by atoms with Crippen LogP contribution in [0.5, 0.6) is 0 Å². The minimum Gasteiger partial charge on any atom is -0.388 e. The number of rotatable bonds is 8. The molecule has 31 heavy (non-hydrogen) atoms. The molecule has 1 aliphatic heterocycles. The van der Waals surface area contributed by atoms with Crippen LogP contribution in [0.3, 0.4) is 0 Å². The summed E-state index contributed by atoms with van der Waals surface area (Å²) >= 11 is 0. The summed E-state index contributed by atoms with van der Waals surface area (Å²) in [5, 5.41) is 29.7. The molecule has 1 aliphatic rings. The number of hydrogen-bond donors (Lipinski definition) is 6. The second kappa shape index (κ2) is 8.62. The standard InChI is InChI=1S/C18H29N4O8P/c1-4-18(26,5-2)31(27,28)30-9(3)8-11-12(23)13(24)16(29-11)22-7-6-10-14(22)20-17(19)21-15(10)25/h6-7,9,11-13,16,23-24,26H,4-5,8H2,1-3H3,(H,27,28)(H3,19,20,21,25)/t9?,11?,12?,13-,16-/m1/s1. The number of aliphatic hydroxyl groups excluding tert-OH is 2. The summed E-state index contributed by atoms with van der Waals surface area (Å²) < 4.78 is 25.0. The molecule has 0 aromatic carbocycles. The minimum absolute atomic E-state index is 0.0296. The van der Waals surface area contributed by atoms with E-state index in [0.717, 1.165) is 0 Å². The lowest BCUT2D eigenvalue weighted by molar-refractivity contribution is -0.0471. The van der Waals surface area contributed by atoms with Gasteiger partial charge in [-0.2, -0.15) is 4.98 Å². The molecule has 0 aliphatic carbocycles. The average molecular weight is 460 g/mol. The van der Waals surface area contributed by atoms with Crippen LogP contribution >= 0.6 is 7.60 Å². The van der Waals surface area contributed by atoms with E-state index in [1.54, 1.807) is 13.8 Å². The summed E-state index contributed by atoms with van der Waals surface area (Å²) in [6.45, 7) is 4.67. The van der Waals surface area contributed by atoms with Gasteiger partial charge in [0.15, 0.2) is 17.2 Å². The first-order chi connectivity index (χ1) is 14.4. The number of aliphatic hydroxyl groups is 3. The van der Waals surface area contributed by atoms with Crippen LogP contribution in [0.15, 0.2) is 17.1 Å². The van der Waals surface area contributed by atoms with Crippen LogP contribution in [-0.2, 0) is 13.8 Å². The number of fused-ring (bicyclic) bond motifs is 1. The van der Waals surface area contributed by atoms with Crippen LogP contribution in [0.4, 0.5) is 5.95 Å². The van der Waals surface area contributed by atoms with Crippen molar-refractivity contribution in [2.45, 2.75) is 76.0 Å². The monoisotopic (exact) mass is 460 g/mol. The van der Waals surface area contributed by atoms with Crippen molar-refractivity contribution in [3.63, 3.8) is 0 Å². The normalized spacial score (nSPS) is 27.5. The molecule has 1 saturated heterocycles. The first-order valence-electron chi connectivity index (χ1n) is 10.1. The highest BCUT2D eigenvalue weighted by atomic mass is 31.2. The van der Waals surface area contributed by atoms with E-state index in [9.17, 15) is 29.6 Å². The van der Waals surface area contributed by atoms with E-state index in [1.807, 2.05) is 0 Å². The van der Waals surface area contributed by atoms with Crippen molar-refractivity contribution in [1.82, 2.24) is 14.5 Å². The Balaban J connectivity index is 1.77. The molecule has 3 rings (SSSR count). The van der Waals surface area contributed by atoms with Gasteiger partial charge in [0.05, 0.1) is 17.6 Å². The molecule has 1 fully saturated rings. The third kappa shape index (κ3) is 4.29. The van der Waals surface area contributed by atoms with Gasteiger partial charge in [-0.1, -0.05) is 13.8 Å². The highest BCUT2D eigenvalue weighted by Crippen LogP contribution is 2.58. The maximum absolute atomic E-state index is 12.6. The fraction of sp³-hybridized carbons (Fsp3) is 0.667. The Hall–Kier alpha value is -1.79. The van der Waals surface area contributed by atoms with Crippen molar-refractivity contribution in [2.75, 3.05) is 5.73 Å². The molecule has 3 heterocycles. The molecular weight excluding hydrogens is 431 g/mol. The molecule has 0 bridgehead atoms. The van der Waals surface area contributed by atoms with E-state index >= 15 is 0 Å². The van der Waals surface area contributed by atoms with Crippen molar-refractivity contribution in [3.05, 3.63) is 22.6 Å². The predicted molar refractivity (Wildman–Crippen MR) is 111 cm³/mol. The lowest BCUT2D eigenvalue weighted by atomic mass is 10.1. The van der Waals surface area contributed by atoms with Gasteiger partial charge < -0.3 is 39.8 Å². The van der Waals surface area contributed by atoms with Gasteiger partial charge in [-0.3, -0.25) is 14.3 Å². The van der Waals surface area contributed by atoms with Crippen molar-refractivity contribution in [3.8, 4) is 0 Å². The Kier molecular flexibility index (Phi) is 6.64. The molecule has 2 aromatic rings. The van der Waals surface area contributed by atoms with Gasteiger partial charge in [0.25, 0.3) is 5.56 Å². The molecule has 13 heteroatoms. The SMILES string of the molecule is CCC(O)(CC)P(=O)(O)OC(C)CC1O[C@@H](n2ccc3c(=O)[nH]c(N)nc32)[C@H](O)C1O. The number of nitrogen functional groups attached to an aromatic ring is 1. The number of aromatic nitrogens is 3. The van der Waals surface area contributed by atoms with Crippen molar-refractivity contribution in [1.29, 1.82) is 0 Å². The van der Waals surface area contributed by atoms with Crippen molar-refractivity contribution in [2.24, 2.45) is 0 Å². The Morgan fingerprint density at radius 1 is 1.39 bits per heavy atom. The number of nitrogens with one attached hydrogen (secondary N) is 1. The van der Waals surface area contributed by atoms with Gasteiger partial charge >= 0.3 is 7.60 Å². The van der Waals surface area contributed by atoms with E-state index in [2.05, 4.69) is 9.97 Å². The van der Waals surface area contributed by atoms with E-state index in [0.29, 0.717) is 0 Å². The van der Waals surface area contributed by atoms with E-state index in [-0.39, 0.29) is 36.2 Å².